The van der Waals surface area contributed by atoms with E-state index in [4.69, 9.17) is 0 Å². The molecular formula is C17H14Br2N2. The fourth-order valence-electron chi connectivity index (χ4n) is 2.33. The van der Waals surface area contributed by atoms with E-state index in [0.717, 1.165) is 32.9 Å². The number of hydrogen-bond acceptors (Lipinski definition) is 2. The summed E-state index contributed by atoms with van der Waals surface area (Å²) in [6, 6.07) is 16.6. The fourth-order valence-corrected chi connectivity index (χ4v) is 3.23. The van der Waals surface area contributed by atoms with E-state index in [-0.39, 0.29) is 0 Å². The Morgan fingerprint density at radius 1 is 0.952 bits per heavy atom. The molecular weight excluding hydrogens is 392 g/mol. The van der Waals surface area contributed by atoms with E-state index in [9.17, 15) is 0 Å². The predicted octanol–water partition coefficient (Wildman–Crippen LogP) is 5.05. The molecule has 2 aromatic carbocycles. The molecule has 0 atom stereocenters. The van der Waals surface area contributed by atoms with Crippen LogP contribution < -0.4 is 5.32 Å². The van der Waals surface area contributed by atoms with Crippen molar-refractivity contribution in [1.82, 2.24) is 10.3 Å². The zero-order valence-corrected chi connectivity index (χ0v) is 14.5. The van der Waals surface area contributed by atoms with Gasteiger partial charge in [0.25, 0.3) is 0 Å². The van der Waals surface area contributed by atoms with Crippen LogP contribution in [0.25, 0.3) is 10.9 Å². The monoisotopic (exact) mass is 404 g/mol. The first-order valence-corrected chi connectivity index (χ1v) is 8.30. The predicted molar refractivity (Wildman–Crippen MR) is 94.1 cm³/mol. The zero-order valence-electron chi connectivity index (χ0n) is 11.3. The third-order valence-corrected chi connectivity index (χ3v) is 4.52. The normalized spacial score (nSPS) is 11.0. The first-order valence-electron chi connectivity index (χ1n) is 6.71. The molecule has 1 N–H and O–H groups in total. The summed E-state index contributed by atoms with van der Waals surface area (Å²) in [5.74, 6) is 0. The largest absolute Gasteiger partial charge is 0.309 e. The minimum absolute atomic E-state index is 0.799. The molecule has 0 saturated carbocycles. The number of halogens is 2. The van der Waals surface area contributed by atoms with E-state index in [2.05, 4.69) is 78.6 Å². The summed E-state index contributed by atoms with van der Waals surface area (Å²) < 4.78 is 2.19. The molecule has 3 rings (SSSR count). The van der Waals surface area contributed by atoms with Crippen molar-refractivity contribution in [3.8, 4) is 0 Å². The quantitative estimate of drug-likeness (QED) is 0.656. The van der Waals surface area contributed by atoms with Gasteiger partial charge in [-0.1, -0.05) is 56.1 Å². The number of nitrogens with one attached hydrogen (secondary N) is 1. The van der Waals surface area contributed by atoms with E-state index in [1.807, 2.05) is 18.3 Å². The Hall–Kier alpha value is -1.23. The molecule has 21 heavy (non-hydrogen) atoms. The maximum atomic E-state index is 4.50. The Morgan fingerprint density at radius 3 is 2.71 bits per heavy atom. The van der Waals surface area contributed by atoms with Crippen LogP contribution in [-0.2, 0) is 13.1 Å². The summed E-state index contributed by atoms with van der Waals surface area (Å²) >= 11 is 7.07. The second kappa shape index (κ2) is 6.69. The Labute approximate surface area is 140 Å². The van der Waals surface area contributed by atoms with E-state index in [1.54, 1.807) is 0 Å². The van der Waals surface area contributed by atoms with E-state index in [0.29, 0.717) is 0 Å². The zero-order chi connectivity index (χ0) is 14.7. The fraction of sp³-hybridized carbons (Fsp3) is 0.118. The maximum absolute atomic E-state index is 4.50. The van der Waals surface area contributed by atoms with Crippen molar-refractivity contribution in [3.63, 3.8) is 0 Å². The maximum Gasteiger partial charge on any atom is 0.0758 e. The van der Waals surface area contributed by atoms with Gasteiger partial charge in [0.1, 0.15) is 0 Å². The van der Waals surface area contributed by atoms with Gasteiger partial charge in [-0.2, -0.15) is 0 Å². The molecule has 0 aliphatic rings. The van der Waals surface area contributed by atoms with Gasteiger partial charge in [-0.3, -0.25) is 4.98 Å². The second-order valence-corrected chi connectivity index (χ2v) is 6.61. The van der Waals surface area contributed by atoms with Gasteiger partial charge in [0.2, 0.25) is 0 Å². The molecule has 106 valence electrons. The van der Waals surface area contributed by atoms with Gasteiger partial charge in [0.15, 0.2) is 0 Å². The lowest BCUT2D eigenvalue weighted by atomic mass is 10.1. The molecule has 0 spiro atoms. The molecule has 0 saturated heterocycles. The minimum Gasteiger partial charge on any atom is -0.309 e. The Balaban J connectivity index is 1.75. The third-order valence-electron chi connectivity index (χ3n) is 3.33. The molecule has 0 radical (unpaired) electrons. The van der Waals surface area contributed by atoms with Crippen molar-refractivity contribution in [2.24, 2.45) is 0 Å². The van der Waals surface area contributed by atoms with Gasteiger partial charge in [-0.05, 0) is 35.4 Å². The summed E-state index contributed by atoms with van der Waals surface area (Å²) in [4.78, 5) is 4.50. The van der Waals surface area contributed by atoms with Crippen molar-refractivity contribution in [2.75, 3.05) is 0 Å². The molecule has 0 bridgehead atoms. The Kier molecular flexibility index (Phi) is 4.68. The average Bonchev–Trinajstić information content (AvgIpc) is 2.50. The van der Waals surface area contributed by atoms with E-state index >= 15 is 0 Å². The van der Waals surface area contributed by atoms with Crippen LogP contribution in [0, 0.1) is 0 Å². The van der Waals surface area contributed by atoms with Gasteiger partial charge in [-0.15, -0.1) is 0 Å². The minimum atomic E-state index is 0.799. The van der Waals surface area contributed by atoms with Gasteiger partial charge >= 0.3 is 0 Å². The molecule has 4 heteroatoms. The standard InChI is InChI=1S/C17H14Br2N2/c18-14-4-1-3-12(9-14)10-20-11-13-6-7-16(19)15-5-2-8-21-17(13)15/h1-9,20H,10-11H2. The van der Waals surface area contributed by atoms with Crippen LogP contribution in [-0.4, -0.2) is 4.98 Å². The van der Waals surface area contributed by atoms with Crippen LogP contribution in [0.4, 0.5) is 0 Å². The van der Waals surface area contributed by atoms with Crippen LogP contribution in [0.1, 0.15) is 11.1 Å². The van der Waals surface area contributed by atoms with Crippen LogP contribution in [0.15, 0.2) is 63.7 Å². The lowest BCUT2D eigenvalue weighted by molar-refractivity contribution is 0.695. The van der Waals surface area contributed by atoms with Crippen molar-refractivity contribution in [2.45, 2.75) is 13.1 Å². The Bertz CT molecular complexity index is 772. The summed E-state index contributed by atoms with van der Waals surface area (Å²) in [5, 5.41) is 4.63. The highest BCUT2D eigenvalue weighted by atomic mass is 79.9. The number of rotatable bonds is 4. The van der Waals surface area contributed by atoms with Crippen LogP contribution in [0.2, 0.25) is 0 Å². The molecule has 1 heterocycles. The molecule has 0 fully saturated rings. The molecule has 0 aliphatic heterocycles. The lowest BCUT2D eigenvalue weighted by Gasteiger charge is -2.09. The van der Waals surface area contributed by atoms with Crippen LogP contribution in [0.5, 0.6) is 0 Å². The van der Waals surface area contributed by atoms with Gasteiger partial charge in [-0.25, -0.2) is 0 Å². The number of benzene rings is 2. The smallest absolute Gasteiger partial charge is 0.0758 e. The number of hydrogen-bond donors (Lipinski definition) is 1. The van der Waals surface area contributed by atoms with Crippen molar-refractivity contribution >= 4 is 42.8 Å². The molecule has 0 unspecified atom stereocenters. The van der Waals surface area contributed by atoms with Gasteiger partial charge < -0.3 is 5.32 Å². The number of aromatic nitrogens is 1. The van der Waals surface area contributed by atoms with Gasteiger partial charge in [0.05, 0.1) is 5.52 Å². The third kappa shape index (κ3) is 3.51. The average molecular weight is 406 g/mol. The molecule has 0 amide bonds. The molecule has 1 aromatic heterocycles. The number of pyridine rings is 1. The number of fused-ring (bicyclic) bond motifs is 1. The summed E-state index contributed by atoms with van der Waals surface area (Å²) in [7, 11) is 0. The molecule has 2 nitrogen and oxygen atoms in total. The van der Waals surface area contributed by atoms with Gasteiger partial charge in [0, 0.05) is 33.6 Å². The molecule has 0 aliphatic carbocycles. The highest BCUT2D eigenvalue weighted by Gasteiger charge is 2.05. The van der Waals surface area contributed by atoms with Crippen molar-refractivity contribution in [1.29, 1.82) is 0 Å². The van der Waals surface area contributed by atoms with Crippen molar-refractivity contribution in [3.05, 3.63) is 74.8 Å². The number of nitrogens with zero attached hydrogens (tertiary/aromatic N) is 1. The Morgan fingerprint density at radius 2 is 1.86 bits per heavy atom. The lowest BCUT2D eigenvalue weighted by Crippen LogP contribution is -2.13. The van der Waals surface area contributed by atoms with Crippen molar-refractivity contribution < 1.29 is 0 Å². The summed E-state index contributed by atoms with van der Waals surface area (Å²) in [6.07, 6.45) is 1.84. The van der Waals surface area contributed by atoms with Crippen LogP contribution >= 0.6 is 31.9 Å². The first-order chi connectivity index (χ1) is 10.2. The highest BCUT2D eigenvalue weighted by molar-refractivity contribution is 9.11. The van der Waals surface area contributed by atoms with E-state index < -0.39 is 0 Å². The summed E-state index contributed by atoms with van der Waals surface area (Å²) in [5.41, 5.74) is 3.52. The summed E-state index contributed by atoms with van der Waals surface area (Å²) in [6.45, 7) is 1.64. The SMILES string of the molecule is Brc1cccc(CNCc2ccc(Br)c3cccnc23)c1. The van der Waals surface area contributed by atoms with Crippen LogP contribution in [0.3, 0.4) is 0 Å². The van der Waals surface area contributed by atoms with E-state index in [1.165, 1.54) is 11.1 Å². The molecule has 3 aromatic rings. The highest BCUT2D eigenvalue weighted by Crippen LogP contribution is 2.25. The topological polar surface area (TPSA) is 24.9 Å². The second-order valence-electron chi connectivity index (χ2n) is 4.84. The first kappa shape index (κ1) is 14.7.